The second-order valence-electron chi connectivity index (χ2n) is 6.10. The zero-order chi connectivity index (χ0) is 13.5. The van der Waals surface area contributed by atoms with Gasteiger partial charge in [-0.05, 0) is 31.2 Å². The molecule has 0 aromatic heterocycles. The van der Waals surface area contributed by atoms with Gasteiger partial charge >= 0.3 is 0 Å². The normalized spacial score (nSPS) is 37.7. The average Bonchev–Trinajstić information content (AvgIpc) is 2.79. The smallest absolute Gasteiger partial charge is 0.123 e. The summed E-state index contributed by atoms with van der Waals surface area (Å²) in [4.78, 5) is 0. The summed E-state index contributed by atoms with van der Waals surface area (Å²) in [5, 5.41) is 11.3. The van der Waals surface area contributed by atoms with Gasteiger partial charge in [0, 0.05) is 17.5 Å². The number of fused-ring (bicyclic) bond motifs is 1. The third-order valence-electron chi connectivity index (χ3n) is 5.38. The molecule has 0 radical (unpaired) electrons. The van der Waals surface area contributed by atoms with Crippen molar-refractivity contribution >= 4 is 0 Å². The summed E-state index contributed by atoms with van der Waals surface area (Å²) < 4.78 is 5.75. The minimum atomic E-state index is -0.693. The molecule has 3 heteroatoms. The molecule has 1 heterocycles. The van der Waals surface area contributed by atoms with E-state index in [1.165, 1.54) is 0 Å². The van der Waals surface area contributed by atoms with Gasteiger partial charge in [0.1, 0.15) is 5.75 Å². The van der Waals surface area contributed by atoms with Crippen LogP contribution in [0, 0.1) is 5.92 Å². The summed E-state index contributed by atoms with van der Waals surface area (Å²) in [6, 6.07) is 8.06. The first-order chi connectivity index (χ1) is 9.14. The zero-order valence-electron chi connectivity index (χ0n) is 11.6. The molecule has 3 N–H and O–H groups in total. The van der Waals surface area contributed by atoms with Crippen LogP contribution in [0.4, 0.5) is 0 Å². The Bertz CT molecular complexity index is 476. The fourth-order valence-corrected chi connectivity index (χ4v) is 4.17. The third kappa shape index (κ3) is 1.65. The van der Waals surface area contributed by atoms with Gasteiger partial charge in [0.25, 0.3) is 0 Å². The van der Waals surface area contributed by atoms with E-state index in [0.29, 0.717) is 19.1 Å². The van der Waals surface area contributed by atoms with Crippen molar-refractivity contribution in [2.24, 2.45) is 11.7 Å². The molecule has 0 bridgehead atoms. The van der Waals surface area contributed by atoms with Crippen molar-refractivity contribution in [1.82, 2.24) is 0 Å². The molecule has 1 saturated carbocycles. The fraction of sp³-hybridized carbons (Fsp3) is 0.625. The van der Waals surface area contributed by atoms with Crippen LogP contribution >= 0.6 is 0 Å². The molecule has 19 heavy (non-hydrogen) atoms. The lowest BCUT2D eigenvalue weighted by molar-refractivity contribution is -0.0770. The van der Waals surface area contributed by atoms with Gasteiger partial charge in [0.15, 0.2) is 0 Å². The van der Waals surface area contributed by atoms with Crippen LogP contribution in [-0.2, 0) is 5.41 Å². The summed E-state index contributed by atoms with van der Waals surface area (Å²) >= 11 is 0. The lowest BCUT2D eigenvalue weighted by Crippen LogP contribution is -2.59. The zero-order valence-corrected chi connectivity index (χ0v) is 11.6. The van der Waals surface area contributed by atoms with Crippen molar-refractivity contribution in [3.63, 3.8) is 0 Å². The molecule has 3 nitrogen and oxygen atoms in total. The van der Waals surface area contributed by atoms with Crippen molar-refractivity contribution < 1.29 is 9.84 Å². The molecule has 104 valence electrons. The molecule has 1 fully saturated rings. The summed E-state index contributed by atoms with van der Waals surface area (Å²) in [6.45, 7) is 3.28. The van der Waals surface area contributed by atoms with Crippen molar-refractivity contribution in [2.75, 3.05) is 13.2 Å². The highest BCUT2D eigenvalue weighted by molar-refractivity contribution is 5.44. The molecule has 0 spiro atoms. The standard InChI is InChI=1S/C16H23NO2/c1-12-5-4-8-16(12,18)15(11-17)9-10-19-14-7-3-2-6-13(14)15/h2-3,6-7,12,18H,4-5,8-11,17H2,1H3. The number of para-hydroxylation sites is 1. The molecular formula is C16H23NO2. The molecule has 1 aromatic carbocycles. The van der Waals surface area contributed by atoms with E-state index in [9.17, 15) is 5.11 Å². The molecule has 1 aliphatic carbocycles. The van der Waals surface area contributed by atoms with Crippen molar-refractivity contribution in [2.45, 2.75) is 43.6 Å². The molecule has 2 aliphatic rings. The number of nitrogens with two attached hydrogens (primary N) is 1. The Balaban J connectivity index is 2.15. The second kappa shape index (κ2) is 4.50. The monoisotopic (exact) mass is 261 g/mol. The van der Waals surface area contributed by atoms with E-state index in [0.717, 1.165) is 37.0 Å². The molecule has 1 aromatic rings. The molecule has 1 aliphatic heterocycles. The Morgan fingerprint density at radius 3 is 2.84 bits per heavy atom. The van der Waals surface area contributed by atoms with Gasteiger partial charge in [-0.3, -0.25) is 0 Å². The summed E-state index contributed by atoms with van der Waals surface area (Å²) in [5.74, 6) is 1.19. The van der Waals surface area contributed by atoms with Crippen LogP contribution < -0.4 is 10.5 Å². The fourth-order valence-electron chi connectivity index (χ4n) is 4.17. The Labute approximate surface area is 114 Å². The number of ether oxygens (including phenoxy) is 1. The minimum absolute atomic E-state index is 0.294. The number of aliphatic hydroxyl groups is 1. The van der Waals surface area contributed by atoms with E-state index in [4.69, 9.17) is 10.5 Å². The van der Waals surface area contributed by atoms with E-state index < -0.39 is 5.60 Å². The number of benzene rings is 1. The molecule has 3 unspecified atom stereocenters. The van der Waals surface area contributed by atoms with E-state index in [1.54, 1.807) is 0 Å². The molecule has 3 atom stereocenters. The first kappa shape index (κ1) is 12.9. The van der Waals surface area contributed by atoms with E-state index in [1.807, 2.05) is 18.2 Å². The van der Waals surface area contributed by atoms with Gasteiger partial charge in [-0.1, -0.05) is 31.5 Å². The van der Waals surface area contributed by atoms with Gasteiger partial charge in [0.05, 0.1) is 12.2 Å². The first-order valence-corrected chi connectivity index (χ1v) is 7.29. The highest BCUT2D eigenvalue weighted by atomic mass is 16.5. The Morgan fingerprint density at radius 2 is 2.16 bits per heavy atom. The van der Waals surface area contributed by atoms with Crippen molar-refractivity contribution in [1.29, 1.82) is 0 Å². The summed E-state index contributed by atoms with van der Waals surface area (Å²) in [7, 11) is 0. The molecule has 0 amide bonds. The number of hydrogen-bond donors (Lipinski definition) is 2. The Hall–Kier alpha value is -1.06. The predicted molar refractivity (Wildman–Crippen MR) is 75.3 cm³/mol. The van der Waals surface area contributed by atoms with Crippen LogP contribution in [0.1, 0.15) is 38.2 Å². The molecule has 0 saturated heterocycles. The first-order valence-electron chi connectivity index (χ1n) is 7.29. The average molecular weight is 261 g/mol. The maximum absolute atomic E-state index is 11.3. The Morgan fingerprint density at radius 1 is 1.37 bits per heavy atom. The van der Waals surface area contributed by atoms with Gasteiger partial charge in [-0.2, -0.15) is 0 Å². The number of hydrogen-bond acceptors (Lipinski definition) is 3. The van der Waals surface area contributed by atoms with E-state index in [-0.39, 0.29) is 5.41 Å². The maximum Gasteiger partial charge on any atom is 0.123 e. The minimum Gasteiger partial charge on any atom is -0.493 e. The predicted octanol–water partition coefficient (Wildman–Crippen LogP) is 2.22. The van der Waals surface area contributed by atoms with Crippen LogP contribution in [0.25, 0.3) is 0 Å². The van der Waals surface area contributed by atoms with Crippen LogP contribution in [0.3, 0.4) is 0 Å². The van der Waals surface area contributed by atoms with Gasteiger partial charge in [-0.25, -0.2) is 0 Å². The lowest BCUT2D eigenvalue weighted by Gasteiger charge is -2.50. The SMILES string of the molecule is CC1CCCC1(O)C1(CN)CCOc2ccccc21. The van der Waals surface area contributed by atoms with Gasteiger partial charge < -0.3 is 15.6 Å². The van der Waals surface area contributed by atoms with Crippen molar-refractivity contribution in [3.8, 4) is 5.75 Å². The van der Waals surface area contributed by atoms with Crippen LogP contribution in [-0.4, -0.2) is 23.9 Å². The highest BCUT2D eigenvalue weighted by Crippen LogP contribution is 2.53. The third-order valence-corrected chi connectivity index (χ3v) is 5.38. The second-order valence-corrected chi connectivity index (χ2v) is 6.10. The molecular weight excluding hydrogens is 238 g/mol. The molecule has 3 rings (SSSR count). The quantitative estimate of drug-likeness (QED) is 0.858. The lowest BCUT2D eigenvalue weighted by atomic mass is 9.60. The van der Waals surface area contributed by atoms with E-state index in [2.05, 4.69) is 13.0 Å². The highest BCUT2D eigenvalue weighted by Gasteiger charge is 2.57. The van der Waals surface area contributed by atoms with Crippen LogP contribution in [0.2, 0.25) is 0 Å². The van der Waals surface area contributed by atoms with E-state index >= 15 is 0 Å². The van der Waals surface area contributed by atoms with Gasteiger partial charge in [-0.15, -0.1) is 0 Å². The Kier molecular flexibility index (Phi) is 3.06. The summed E-state index contributed by atoms with van der Waals surface area (Å²) in [5.41, 5.74) is 6.22. The number of rotatable bonds is 2. The van der Waals surface area contributed by atoms with Crippen LogP contribution in [0.15, 0.2) is 24.3 Å². The summed E-state index contributed by atoms with van der Waals surface area (Å²) in [6.07, 6.45) is 3.82. The largest absolute Gasteiger partial charge is 0.493 e. The van der Waals surface area contributed by atoms with Gasteiger partial charge in [0.2, 0.25) is 0 Å². The maximum atomic E-state index is 11.3. The van der Waals surface area contributed by atoms with Crippen LogP contribution in [0.5, 0.6) is 5.75 Å². The topological polar surface area (TPSA) is 55.5 Å². The van der Waals surface area contributed by atoms with Crippen molar-refractivity contribution in [3.05, 3.63) is 29.8 Å².